The van der Waals surface area contributed by atoms with Crippen LogP contribution in [0.15, 0.2) is 16.1 Å². The first-order valence-corrected chi connectivity index (χ1v) is 9.14. The molecule has 1 aliphatic heterocycles. The molecule has 23 heavy (non-hydrogen) atoms. The number of morpholine rings is 1. The molecule has 124 valence electrons. The van der Waals surface area contributed by atoms with Crippen LogP contribution in [0.2, 0.25) is 0 Å². The molecular weight excluding hydrogens is 312 g/mol. The molecule has 4 rings (SSSR count). The van der Waals surface area contributed by atoms with Crippen LogP contribution in [-0.4, -0.2) is 47.4 Å². The number of ether oxygens (including phenoxy) is 1. The summed E-state index contributed by atoms with van der Waals surface area (Å²) in [6.45, 7) is 5.32. The lowest BCUT2D eigenvalue weighted by molar-refractivity contribution is 0.0331. The Morgan fingerprint density at radius 1 is 1.35 bits per heavy atom. The highest BCUT2D eigenvalue weighted by atomic mass is 32.1. The highest BCUT2D eigenvalue weighted by Crippen LogP contribution is 2.26. The minimum atomic E-state index is 0.481. The van der Waals surface area contributed by atoms with E-state index in [1.807, 2.05) is 11.6 Å². The van der Waals surface area contributed by atoms with E-state index in [1.165, 1.54) is 5.56 Å². The number of hydrogen-bond donors (Lipinski definition) is 1. The van der Waals surface area contributed by atoms with E-state index >= 15 is 0 Å². The van der Waals surface area contributed by atoms with Gasteiger partial charge in [0.25, 0.3) is 0 Å². The van der Waals surface area contributed by atoms with Gasteiger partial charge in [-0.25, -0.2) is 4.98 Å². The molecule has 2 aliphatic rings. The van der Waals surface area contributed by atoms with Crippen molar-refractivity contribution < 1.29 is 9.26 Å². The van der Waals surface area contributed by atoms with Crippen molar-refractivity contribution in [3.63, 3.8) is 0 Å². The first kappa shape index (κ1) is 15.3. The quantitative estimate of drug-likeness (QED) is 0.896. The predicted octanol–water partition coefficient (Wildman–Crippen LogP) is 1.61. The van der Waals surface area contributed by atoms with Gasteiger partial charge in [0.1, 0.15) is 16.5 Å². The third-order valence-corrected chi connectivity index (χ3v) is 5.40. The largest absolute Gasteiger partial charge is 0.379 e. The van der Waals surface area contributed by atoms with E-state index < -0.39 is 0 Å². The van der Waals surface area contributed by atoms with Crippen molar-refractivity contribution in [1.82, 2.24) is 20.4 Å². The van der Waals surface area contributed by atoms with Crippen LogP contribution >= 0.6 is 11.3 Å². The van der Waals surface area contributed by atoms with Gasteiger partial charge in [0.2, 0.25) is 0 Å². The molecule has 1 atom stereocenters. The molecule has 0 bridgehead atoms. The molecule has 1 unspecified atom stereocenters. The van der Waals surface area contributed by atoms with Gasteiger partial charge in [-0.3, -0.25) is 4.90 Å². The standard InChI is InChI=1S/C16H22N4O2S/c1-2-15-13(9-12(1)18-10-16-17-3-8-23-16)14(19-22-15)11-20-4-6-21-7-5-20/h3,8,12,18H,1-2,4-7,9-11H2. The topological polar surface area (TPSA) is 63.4 Å². The minimum Gasteiger partial charge on any atom is -0.379 e. The summed E-state index contributed by atoms with van der Waals surface area (Å²) in [5.74, 6) is 1.08. The molecule has 1 fully saturated rings. The molecule has 1 saturated heterocycles. The van der Waals surface area contributed by atoms with E-state index in [-0.39, 0.29) is 0 Å². The van der Waals surface area contributed by atoms with Gasteiger partial charge in [0.05, 0.1) is 13.2 Å². The van der Waals surface area contributed by atoms with Gasteiger partial charge in [0.15, 0.2) is 0 Å². The van der Waals surface area contributed by atoms with Crippen LogP contribution in [-0.2, 0) is 30.7 Å². The number of nitrogens with zero attached hydrogens (tertiary/aromatic N) is 3. The van der Waals surface area contributed by atoms with E-state index in [4.69, 9.17) is 9.26 Å². The van der Waals surface area contributed by atoms with Gasteiger partial charge in [-0.1, -0.05) is 5.16 Å². The highest BCUT2D eigenvalue weighted by molar-refractivity contribution is 7.09. The molecule has 6 nitrogen and oxygen atoms in total. The lowest BCUT2D eigenvalue weighted by atomic mass is 9.92. The van der Waals surface area contributed by atoms with Crippen molar-refractivity contribution in [1.29, 1.82) is 0 Å². The molecule has 2 aromatic heterocycles. The smallest absolute Gasteiger partial charge is 0.140 e. The fraction of sp³-hybridized carbons (Fsp3) is 0.625. The van der Waals surface area contributed by atoms with E-state index in [0.29, 0.717) is 6.04 Å². The molecule has 0 aromatic carbocycles. The molecule has 3 heterocycles. The third kappa shape index (κ3) is 3.63. The van der Waals surface area contributed by atoms with Crippen molar-refractivity contribution in [2.24, 2.45) is 0 Å². The Morgan fingerprint density at radius 2 is 2.26 bits per heavy atom. The SMILES string of the molecule is c1csc(CNC2CCc3onc(CN4CCOCC4)c3C2)n1. The van der Waals surface area contributed by atoms with E-state index in [1.54, 1.807) is 11.3 Å². The zero-order valence-corrected chi connectivity index (χ0v) is 14.0. The van der Waals surface area contributed by atoms with Crippen molar-refractivity contribution in [3.05, 3.63) is 33.6 Å². The van der Waals surface area contributed by atoms with Gasteiger partial charge in [-0.15, -0.1) is 11.3 Å². The Labute approximate surface area is 139 Å². The van der Waals surface area contributed by atoms with Gasteiger partial charge < -0.3 is 14.6 Å². The van der Waals surface area contributed by atoms with Gasteiger partial charge in [0, 0.05) is 55.8 Å². The van der Waals surface area contributed by atoms with Gasteiger partial charge >= 0.3 is 0 Å². The third-order valence-electron chi connectivity index (χ3n) is 4.62. The lowest BCUT2D eigenvalue weighted by Gasteiger charge is -2.27. The molecule has 0 saturated carbocycles. The van der Waals surface area contributed by atoms with Gasteiger partial charge in [-0.2, -0.15) is 0 Å². The number of nitrogens with one attached hydrogen (secondary N) is 1. The maximum absolute atomic E-state index is 5.58. The Kier molecular flexibility index (Phi) is 4.70. The van der Waals surface area contributed by atoms with E-state index in [0.717, 1.165) is 75.1 Å². The molecule has 0 amide bonds. The maximum atomic E-state index is 5.58. The molecule has 0 spiro atoms. The van der Waals surface area contributed by atoms with Crippen LogP contribution in [0.25, 0.3) is 0 Å². The summed E-state index contributed by atoms with van der Waals surface area (Å²) < 4.78 is 11.0. The second-order valence-electron chi connectivity index (χ2n) is 6.17. The average molecular weight is 334 g/mol. The Balaban J connectivity index is 1.38. The highest BCUT2D eigenvalue weighted by Gasteiger charge is 2.26. The maximum Gasteiger partial charge on any atom is 0.140 e. The summed E-state index contributed by atoms with van der Waals surface area (Å²) in [5.41, 5.74) is 2.43. The number of thiazole rings is 1. The summed E-state index contributed by atoms with van der Waals surface area (Å²) in [6, 6.07) is 0.481. The molecule has 1 N–H and O–H groups in total. The van der Waals surface area contributed by atoms with Gasteiger partial charge in [-0.05, 0) is 12.8 Å². The number of fused-ring (bicyclic) bond motifs is 1. The van der Waals surface area contributed by atoms with Crippen LogP contribution in [0.5, 0.6) is 0 Å². The Morgan fingerprint density at radius 3 is 3.09 bits per heavy atom. The number of aromatic nitrogens is 2. The lowest BCUT2D eigenvalue weighted by Crippen LogP contribution is -2.37. The Hall–Kier alpha value is -1.28. The zero-order chi connectivity index (χ0) is 15.5. The monoisotopic (exact) mass is 334 g/mol. The first-order chi connectivity index (χ1) is 11.4. The summed E-state index contributed by atoms with van der Waals surface area (Å²) in [7, 11) is 0. The van der Waals surface area contributed by atoms with Crippen molar-refractivity contribution in [3.8, 4) is 0 Å². The second kappa shape index (κ2) is 7.09. The van der Waals surface area contributed by atoms with Crippen LogP contribution in [0.3, 0.4) is 0 Å². The zero-order valence-electron chi connectivity index (χ0n) is 13.2. The summed E-state index contributed by atoms with van der Waals surface area (Å²) in [4.78, 5) is 6.73. The van der Waals surface area contributed by atoms with E-state index in [9.17, 15) is 0 Å². The number of hydrogen-bond acceptors (Lipinski definition) is 7. The number of rotatable bonds is 5. The molecular formula is C16H22N4O2S. The van der Waals surface area contributed by atoms with Crippen molar-refractivity contribution in [2.45, 2.75) is 38.4 Å². The molecule has 7 heteroatoms. The van der Waals surface area contributed by atoms with Crippen molar-refractivity contribution in [2.75, 3.05) is 26.3 Å². The Bertz CT molecular complexity index is 622. The predicted molar refractivity (Wildman–Crippen MR) is 87.4 cm³/mol. The van der Waals surface area contributed by atoms with Crippen LogP contribution in [0.1, 0.15) is 28.4 Å². The normalized spacial score (nSPS) is 22.2. The fourth-order valence-corrected chi connectivity index (χ4v) is 3.87. The summed E-state index contributed by atoms with van der Waals surface area (Å²) >= 11 is 1.70. The molecule has 2 aromatic rings. The summed E-state index contributed by atoms with van der Waals surface area (Å²) in [6.07, 6.45) is 4.94. The van der Waals surface area contributed by atoms with Crippen LogP contribution < -0.4 is 5.32 Å². The van der Waals surface area contributed by atoms with E-state index in [2.05, 4.69) is 20.4 Å². The van der Waals surface area contributed by atoms with Crippen LogP contribution in [0, 0.1) is 0 Å². The van der Waals surface area contributed by atoms with Crippen molar-refractivity contribution >= 4 is 11.3 Å². The molecule has 1 aliphatic carbocycles. The number of aryl methyl sites for hydroxylation is 1. The minimum absolute atomic E-state index is 0.481. The summed E-state index contributed by atoms with van der Waals surface area (Å²) in [5, 5.41) is 11.1. The fourth-order valence-electron chi connectivity index (χ4n) is 3.30. The van der Waals surface area contributed by atoms with Crippen LogP contribution in [0.4, 0.5) is 0 Å². The first-order valence-electron chi connectivity index (χ1n) is 8.26. The molecule has 0 radical (unpaired) electrons. The average Bonchev–Trinajstić information content (AvgIpc) is 3.24. The second-order valence-corrected chi connectivity index (χ2v) is 7.15.